The van der Waals surface area contributed by atoms with E-state index in [1.54, 1.807) is 19.2 Å². The van der Waals surface area contributed by atoms with Crippen LogP contribution in [0.4, 0.5) is 4.39 Å². The van der Waals surface area contributed by atoms with Crippen molar-refractivity contribution in [3.8, 4) is 0 Å². The largest absolute Gasteiger partial charge is 0.379 e. The molecule has 1 aliphatic heterocycles. The molecule has 0 atom stereocenters. The summed E-state index contributed by atoms with van der Waals surface area (Å²) >= 11 is 0. The predicted molar refractivity (Wildman–Crippen MR) is 86.5 cm³/mol. The second kappa shape index (κ2) is 9.38. The molecular formula is C16H25FN4O. The Morgan fingerprint density at radius 3 is 2.77 bits per heavy atom. The topological polar surface area (TPSA) is 48.9 Å². The van der Waals surface area contributed by atoms with Gasteiger partial charge < -0.3 is 15.4 Å². The average Bonchev–Trinajstić information content (AvgIpc) is 2.56. The first-order valence-corrected chi connectivity index (χ1v) is 7.77. The highest BCUT2D eigenvalue weighted by Crippen LogP contribution is 2.05. The van der Waals surface area contributed by atoms with Crippen molar-refractivity contribution in [1.82, 2.24) is 15.5 Å². The van der Waals surface area contributed by atoms with Crippen LogP contribution < -0.4 is 10.6 Å². The minimum atomic E-state index is -0.197. The molecule has 1 aliphatic rings. The number of rotatable bonds is 6. The number of morpholine rings is 1. The molecule has 0 bridgehead atoms. The number of nitrogens with zero attached hydrogens (tertiary/aromatic N) is 2. The lowest BCUT2D eigenvalue weighted by Gasteiger charge is -2.26. The van der Waals surface area contributed by atoms with Gasteiger partial charge in [0.25, 0.3) is 0 Å². The molecule has 0 spiro atoms. The molecule has 1 saturated heterocycles. The third-order valence-corrected chi connectivity index (χ3v) is 3.67. The fraction of sp³-hybridized carbons (Fsp3) is 0.562. The first-order valence-electron chi connectivity index (χ1n) is 7.77. The fourth-order valence-corrected chi connectivity index (χ4v) is 2.38. The maximum atomic E-state index is 13.5. The van der Waals surface area contributed by atoms with Gasteiger partial charge in [0.1, 0.15) is 5.82 Å². The van der Waals surface area contributed by atoms with E-state index >= 15 is 0 Å². The van der Waals surface area contributed by atoms with Gasteiger partial charge in [-0.25, -0.2) is 4.39 Å². The molecule has 2 N–H and O–H groups in total. The quantitative estimate of drug-likeness (QED) is 0.471. The average molecular weight is 308 g/mol. The normalized spacial score (nSPS) is 16.5. The molecule has 1 fully saturated rings. The zero-order valence-corrected chi connectivity index (χ0v) is 13.1. The van der Waals surface area contributed by atoms with Crippen molar-refractivity contribution in [3.05, 3.63) is 35.6 Å². The first kappa shape index (κ1) is 16.7. The van der Waals surface area contributed by atoms with E-state index < -0.39 is 0 Å². The Kier molecular flexibility index (Phi) is 7.12. The maximum absolute atomic E-state index is 13.5. The van der Waals surface area contributed by atoms with Crippen molar-refractivity contribution in [3.63, 3.8) is 0 Å². The second-order valence-electron chi connectivity index (χ2n) is 5.25. The van der Waals surface area contributed by atoms with Crippen LogP contribution >= 0.6 is 0 Å². The minimum Gasteiger partial charge on any atom is -0.379 e. The van der Waals surface area contributed by atoms with Gasteiger partial charge in [0.05, 0.1) is 13.2 Å². The second-order valence-corrected chi connectivity index (χ2v) is 5.25. The molecule has 2 rings (SSSR count). The van der Waals surface area contributed by atoms with Crippen LogP contribution in [0.5, 0.6) is 0 Å². The lowest BCUT2D eigenvalue weighted by molar-refractivity contribution is 0.0376. The number of benzene rings is 1. The molecule has 5 nitrogen and oxygen atoms in total. The molecule has 22 heavy (non-hydrogen) atoms. The maximum Gasteiger partial charge on any atom is 0.191 e. The summed E-state index contributed by atoms with van der Waals surface area (Å²) < 4.78 is 18.9. The van der Waals surface area contributed by atoms with E-state index in [-0.39, 0.29) is 5.82 Å². The van der Waals surface area contributed by atoms with Gasteiger partial charge in [0, 0.05) is 38.8 Å². The van der Waals surface area contributed by atoms with E-state index in [4.69, 9.17) is 4.74 Å². The summed E-state index contributed by atoms with van der Waals surface area (Å²) in [5.74, 6) is 0.503. The summed E-state index contributed by atoms with van der Waals surface area (Å²) in [6, 6.07) is 6.76. The lowest BCUT2D eigenvalue weighted by Crippen LogP contribution is -2.40. The molecule has 0 aromatic heterocycles. The van der Waals surface area contributed by atoms with Gasteiger partial charge in [-0.2, -0.15) is 0 Å². The summed E-state index contributed by atoms with van der Waals surface area (Å²) in [4.78, 5) is 6.56. The molecule has 0 unspecified atom stereocenters. The van der Waals surface area contributed by atoms with Gasteiger partial charge >= 0.3 is 0 Å². The highest BCUT2D eigenvalue weighted by atomic mass is 19.1. The van der Waals surface area contributed by atoms with Crippen molar-refractivity contribution in [1.29, 1.82) is 0 Å². The molecule has 6 heteroatoms. The summed E-state index contributed by atoms with van der Waals surface area (Å²) in [6.45, 7) is 6.02. The molecule has 122 valence electrons. The Bertz CT molecular complexity index is 475. The molecular weight excluding hydrogens is 283 g/mol. The Morgan fingerprint density at radius 2 is 2.05 bits per heavy atom. The van der Waals surface area contributed by atoms with Crippen molar-refractivity contribution < 1.29 is 9.13 Å². The van der Waals surface area contributed by atoms with Gasteiger partial charge in [-0.15, -0.1) is 0 Å². The third kappa shape index (κ3) is 5.61. The summed E-state index contributed by atoms with van der Waals surface area (Å²) in [6.07, 6.45) is 1.04. The van der Waals surface area contributed by atoms with Gasteiger partial charge in [0.2, 0.25) is 0 Å². The summed E-state index contributed by atoms with van der Waals surface area (Å²) in [5.41, 5.74) is 0.638. The number of hydrogen-bond donors (Lipinski definition) is 2. The number of hydrogen-bond acceptors (Lipinski definition) is 3. The molecule has 0 saturated carbocycles. The van der Waals surface area contributed by atoms with E-state index in [2.05, 4.69) is 20.5 Å². The molecule has 1 aromatic carbocycles. The number of ether oxygens (including phenoxy) is 1. The van der Waals surface area contributed by atoms with Crippen LogP contribution in [0.1, 0.15) is 12.0 Å². The van der Waals surface area contributed by atoms with Crippen LogP contribution in [0.15, 0.2) is 29.3 Å². The van der Waals surface area contributed by atoms with Crippen molar-refractivity contribution in [2.45, 2.75) is 13.0 Å². The minimum absolute atomic E-state index is 0.197. The number of guanidine groups is 1. The van der Waals surface area contributed by atoms with E-state index in [0.29, 0.717) is 18.1 Å². The van der Waals surface area contributed by atoms with E-state index in [0.717, 1.165) is 45.8 Å². The fourth-order valence-electron chi connectivity index (χ4n) is 2.38. The number of nitrogens with one attached hydrogen (secondary N) is 2. The zero-order valence-electron chi connectivity index (χ0n) is 13.1. The number of aliphatic imine (C=N–C) groups is 1. The van der Waals surface area contributed by atoms with E-state index in [1.165, 1.54) is 6.07 Å². The van der Waals surface area contributed by atoms with Gasteiger partial charge in [-0.05, 0) is 19.0 Å². The van der Waals surface area contributed by atoms with E-state index in [1.807, 2.05) is 6.07 Å². The SMILES string of the molecule is CN=C(NCCCN1CCOCC1)NCc1ccccc1F. The van der Waals surface area contributed by atoms with Crippen molar-refractivity contribution >= 4 is 5.96 Å². The van der Waals surface area contributed by atoms with Crippen molar-refractivity contribution in [2.75, 3.05) is 46.4 Å². The summed E-state index contributed by atoms with van der Waals surface area (Å²) in [7, 11) is 1.72. The standard InChI is InChI=1S/C16H25FN4O/c1-18-16(20-13-14-5-2-3-6-15(14)17)19-7-4-8-21-9-11-22-12-10-21/h2-3,5-6H,4,7-13H2,1H3,(H2,18,19,20). The molecule has 1 aromatic rings. The van der Waals surface area contributed by atoms with Gasteiger partial charge in [-0.3, -0.25) is 9.89 Å². The van der Waals surface area contributed by atoms with Crippen LogP contribution in [0.2, 0.25) is 0 Å². The Labute approximate surface area is 131 Å². The molecule has 0 radical (unpaired) electrons. The third-order valence-electron chi connectivity index (χ3n) is 3.67. The Morgan fingerprint density at radius 1 is 1.27 bits per heavy atom. The highest BCUT2D eigenvalue weighted by Gasteiger charge is 2.09. The highest BCUT2D eigenvalue weighted by molar-refractivity contribution is 5.79. The molecule has 0 amide bonds. The monoisotopic (exact) mass is 308 g/mol. The van der Waals surface area contributed by atoms with Crippen LogP contribution in [-0.4, -0.2) is 57.3 Å². The molecule has 0 aliphatic carbocycles. The van der Waals surface area contributed by atoms with Gasteiger partial charge in [0.15, 0.2) is 5.96 Å². The zero-order chi connectivity index (χ0) is 15.6. The predicted octanol–water partition coefficient (Wildman–Crippen LogP) is 1.21. The van der Waals surface area contributed by atoms with Crippen LogP contribution in [0.25, 0.3) is 0 Å². The van der Waals surface area contributed by atoms with Crippen LogP contribution in [0, 0.1) is 5.82 Å². The van der Waals surface area contributed by atoms with Crippen LogP contribution in [0.3, 0.4) is 0 Å². The smallest absolute Gasteiger partial charge is 0.191 e. The number of halogens is 1. The van der Waals surface area contributed by atoms with E-state index in [9.17, 15) is 4.39 Å². The molecule has 1 heterocycles. The van der Waals surface area contributed by atoms with Crippen LogP contribution in [-0.2, 0) is 11.3 Å². The Balaban J connectivity index is 1.64. The first-order chi connectivity index (χ1) is 10.8. The lowest BCUT2D eigenvalue weighted by atomic mass is 10.2. The van der Waals surface area contributed by atoms with Gasteiger partial charge in [-0.1, -0.05) is 18.2 Å². The Hall–Kier alpha value is -1.66. The van der Waals surface area contributed by atoms with Crippen molar-refractivity contribution in [2.24, 2.45) is 4.99 Å². The summed E-state index contributed by atoms with van der Waals surface area (Å²) in [5, 5.41) is 6.39.